The molecule has 0 saturated heterocycles. The Hall–Kier alpha value is -0.0400. The van der Waals surface area contributed by atoms with Crippen molar-refractivity contribution in [1.29, 1.82) is 0 Å². The smallest absolute Gasteiger partial charge is 0.0153 e. The van der Waals surface area contributed by atoms with Crippen LogP contribution in [0.4, 0.5) is 0 Å². The predicted octanol–water partition coefficient (Wildman–Crippen LogP) is 10.7. The van der Waals surface area contributed by atoms with Gasteiger partial charge in [0.15, 0.2) is 0 Å². The Labute approximate surface area is 199 Å². The zero-order valence-electron chi connectivity index (χ0n) is 22.9. The van der Waals surface area contributed by atoms with Gasteiger partial charge in [0.05, 0.1) is 0 Å². The van der Waals surface area contributed by atoms with Crippen molar-refractivity contribution in [3.63, 3.8) is 0 Å². The maximum atomic E-state index is 2.84. The van der Waals surface area contributed by atoms with Crippen molar-refractivity contribution < 1.29 is 0 Å². The minimum atomic E-state index is 0.382. The molecule has 188 valence electrons. The normalized spacial score (nSPS) is 12.2. The summed E-state index contributed by atoms with van der Waals surface area (Å²) in [5, 5.41) is 0. The fraction of sp³-hybridized carbons (Fsp3) is 1.00. The first-order chi connectivity index (χ1) is 15.1. The monoisotopic (exact) mass is 437 g/mol. The van der Waals surface area contributed by atoms with Gasteiger partial charge in [-0.3, -0.25) is 4.90 Å². The standard InChI is InChI=1S/C30H63N/c1-6-9-11-13-15-17-19-21-23-25-28-31(30(4,5)27-8-3)29-26-24-22-20-18-16-14-12-10-7-2/h6-29H2,1-5H3. The summed E-state index contributed by atoms with van der Waals surface area (Å²) in [4.78, 5) is 2.84. The summed E-state index contributed by atoms with van der Waals surface area (Å²) in [5.41, 5.74) is 0.382. The lowest BCUT2D eigenvalue weighted by Crippen LogP contribution is -2.45. The molecule has 0 radical (unpaired) electrons. The Morgan fingerprint density at radius 3 is 0.968 bits per heavy atom. The molecule has 0 N–H and O–H groups in total. The van der Waals surface area contributed by atoms with E-state index in [-0.39, 0.29) is 0 Å². The third kappa shape index (κ3) is 20.3. The van der Waals surface area contributed by atoms with E-state index in [2.05, 4.69) is 39.5 Å². The lowest BCUT2D eigenvalue weighted by Gasteiger charge is -2.39. The first-order valence-corrected chi connectivity index (χ1v) is 14.8. The lowest BCUT2D eigenvalue weighted by molar-refractivity contribution is 0.105. The summed E-state index contributed by atoms with van der Waals surface area (Å²) < 4.78 is 0. The highest BCUT2D eigenvalue weighted by Gasteiger charge is 2.24. The number of hydrogen-bond acceptors (Lipinski definition) is 1. The van der Waals surface area contributed by atoms with Gasteiger partial charge in [-0.2, -0.15) is 0 Å². The van der Waals surface area contributed by atoms with Crippen LogP contribution in [0.5, 0.6) is 0 Å². The minimum absolute atomic E-state index is 0.382. The second-order valence-electron chi connectivity index (χ2n) is 10.9. The summed E-state index contributed by atoms with van der Waals surface area (Å²) in [5.74, 6) is 0. The fourth-order valence-electron chi connectivity index (χ4n) is 5.07. The highest BCUT2D eigenvalue weighted by atomic mass is 15.2. The molecule has 0 aromatic rings. The number of hydrogen-bond donors (Lipinski definition) is 0. The summed E-state index contributed by atoms with van der Waals surface area (Å²) in [6.07, 6.45) is 31.4. The van der Waals surface area contributed by atoms with E-state index in [9.17, 15) is 0 Å². The molecule has 0 aliphatic carbocycles. The molecule has 31 heavy (non-hydrogen) atoms. The molecule has 0 bridgehead atoms. The first kappa shape index (κ1) is 31.0. The van der Waals surface area contributed by atoms with Gasteiger partial charge < -0.3 is 0 Å². The number of unbranched alkanes of at least 4 members (excludes halogenated alkanes) is 18. The summed E-state index contributed by atoms with van der Waals surface area (Å²) in [6, 6.07) is 0. The van der Waals surface area contributed by atoms with Crippen LogP contribution in [0.15, 0.2) is 0 Å². The summed E-state index contributed by atoms with van der Waals surface area (Å²) in [7, 11) is 0. The SMILES string of the molecule is CCCCCCCCCCCCN(CCCCCCCCCCCC)C(C)(C)CCC. The van der Waals surface area contributed by atoms with Gasteiger partial charge in [-0.15, -0.1) is 0 Å². The van der Waals surface area contributed by atoms with Crippen LogP contribution in [0, 0.1) is 0 Å². The second-order valence-corrected chi connectivity index (χ2v) is 10.9. The molecule has 0 spiro atoms. The van der Waals surface area contributed by atoms with Crippen LogP contribution in [0.1, 0.15) is 176 Å². The Morgan fingerprint density at radius 1 is 0.387 bits per heavy atom. The van der Waals surface area contributed by atoms with E-state index in [1.54, 1.807) is 0 Å². The van der Waals surface area contributed by atoms with Gasteiger partial charge in [-0.05, 0) is 46.2 Å². The molecule has 0 aliphatic rings. The third-order valence-corrected chi connectivity index (χ3v) is 7.28. The molecule has 0 fully saturated rings. The average Bonchev–Trinajstić information content (AvgIpc) is 2.74. The summed E-state index contributed by atoms with van der Waals surface area (Å²) >= 11 is 0. The van der Waals surface area contributed by atoms with Gasteiger partial charge in [-0.25, -0.2) is 0 Å². The van der Waals surface area contributed by atoms with Crippen LogP contribution in [0.2, 0.25) is 0 Å². The largest absolute Gasteiger partial charge is 0.298 e. The van der Waals surface area contributed by atoms with Gasteiger partial charge >= 0.3 is 0 Å². The molecule has 0 unspecified atom stereocenters. The maximum Gasteiger partial charge on any atom is 0.0153 e. The average molecular weight is 438 g/mol. The molecular weight excluding hydrogens is 374 g/mol. The van der Waals surface area contributed by atoms with Crippen molar-refractivity contribution in [2.45, 2.75) is 181 Å². The van der Waals surface area contributed by atoms with Crippen LogP contribution in [-0.4, -0.2) is 23.5 Å². The second kappa shape index (κ2) is 23.1. The van der Waals surface area contributed by atoms with Crippen LogP contribution in [-0.2, 0) is 0 Å². The highest BCUT2D eigenvalue weighted by Crippen LogP contribution is 2.23. The molecule has 0 aliphatic heterocycles. The minimum Gasteiger partial charge on any atom is -0.298 e. The third-order valence-electron chi connectivity index (χ3n) is 7.28. The molecule has 1 nitrogen and oxygen atoms in total. The molecule has 0 heterocycles. The van der Waals surface area contributed by atoms with E-state index >= 15 is 0 Å². The van der Waals surface area contributed by atoms with Crippen LogP contribution in [0.3, 0.4) is 0 Å². The van der Waals surface area contributed by atoms with E-state index in [0.29, 0.717) is 5.54 Å². The van der Waals surface area contributed by atoms with Crippen molar-refractivity contribution in [3.05, 3.63) is 0 Å². The van der Waals surface area contributed by atoms with Crippen molar-refractivity contribution in [2.75, 3.05) is 13.1 Å². The molecule has 0 aromatic heterocycles. The van der Waals surface area contributed by atoms with E-state index < -0.39 is 0 Å². The van der Waals surface area contributed by atoms with Gasteiger partial charge in [0.25, 0.3) is 0 Å². The Balaban J connectivity index is 3.87. The zero-order chi connectivity index (χ0) is 23.0. The van der Waals surface area contributed by atoms with Crippen molar-refractivity contribution in [1.82, 2.24) is 4.90 Å². The van der Waals surface area contributed by atoms with E-state index in [0.717, 1.165) is 0 Å². The predicted molar refractivity (Wildman–Crippen MR) is 144 cm³/mol. The van der Waals surface area contributed by atoms with E-state index in [1.165, 1.54) is 154 Å². The Kier molecular flexibility index (Phi) is 23.1. The molecule has 0 saturated carbocycles. The van der Waals surface area contributed by atoms with Crippen molar-refractivity contribution >= 4 is 0 Å². The zero-order valence-corrected chi connectivity index (χ0v) is 22.9. The van der Waals surface area contributed by atoms with Crippen LogP contribution >= 0.6 is 0 Å². The van der Waals surface area contributed by atoms with Crippen LogP contribution < -0.4 is 0 Å². The fourth-order valence-corrected chi connectivity index (χ4v) is 5.07. The van der Waals surface area contributed by atoms with Gasteiger partial charge in [-0.1, -0.05) is 143 Å². The summed E-state index contributed by atoms with van der Waals surface area (Å²) in [6.45, 7) is 14.6. The maximum absolute atomic E-state index is 2.84. The Morgan fingerprint density at radius 2 is 0.677 bits per heavy atom. The lowest BCUT2D eigenvalue weighted by atomic mass is 9.95. The molecule has 0 atom stereocenters. The van der Waals surface area contributed by atoms with Gasteiger partial charge in [0.1, 0.15) is 0 Å². The molecular formula is C30H63N. The Bertz CT molecular complexity index is 311. The first-order valence-electron chi connectivity index (χ1n) is 14.8. The molecule has 0 rings (SSSR count). The molecule has 0 amide bonds. The van der Waals surface area contributed by atoms with Crippen LogP contribution in [0.25, 0.3) is 0 Å². The van der Waals surface area contributed by atoms with Crippen molar-refractivity contribution in [3.8, 4) is 0 Å². The van der Waals surface area contributed by atoms with Crippen molar-refractivity contribution in [2.24, 2.45) is 0 Å². The number of rotatable bonds is 25. The molecule has 0 aromatic carbocycles. The molecule has 1 heteroatoms. The van der Waals surface area contributed by atoms with Gasteiger partial charge in [0, 0.05) is 5.54 Å². The number of nitrogens with zero attached hydrogens (tertiary/aromatic N) is 1. The highest BCUT2D eigenvalue weighted by molar-refractivity contribution is 4.81. The quantitative estimate of drug-likeness (QED) is 0.128. The topological polar surface area (TPSA) is 3.24 Å². The van der Waals surface area contributed by atoms with Gasteiger partial charge in [0.2, 0.25) is 0 Å². The van der Waals surface area contributed by atoms with E-state index in [1.807, 2.05) is 0 Å². The van der Waals surface area contributed by atoms with E-state index in [4.69, 9.17) is 0 Å².